The summed E-state index contributed by atoms with van der Waals surface area (Å²) in [5, 5.41) is 3.39. The highest BCUT2D eigenvalue weighted by atomic mass is 35.5. The van der Waals surface area contributed by atoms with Crippen molar-refractivity contribution in [3.05, 3.63) is 88.8 Å². The van der Waals surface area contributed by atoms with Crippen LogP contribution in [0.15, 0.2) is 72.6 Å². The first-order valence-corrected chi connectivity index (χ1v) is 11.0. The summed E-state index contributed by atoms with van der Waals surface area (Å²) in [6.07, 6.45) is 3.40. The zero-order chi connectivity index (χ0) is 22.8. The average molecular weight is 461 g/mol. The molecule has 0 spiro atoms. The van der Waals surface area contributed by atoms with Gasteiger partial charge in [-0.1, -0.05) is 29.8 Å². The topological polar surface area (TPSA) is 74.8 Å². The molecule has 0 bridgehead atoms. The SMILES string of the molecule is O=C1Nc2cc(C(=O)N3CCN(c4ccccn4)CC3)ccc2OC1=Cc1cccc(Cl)c1. The van der Waals surface area contributed by atoms with Crippen LogP contribution in [0.4, 0.5) is 11.5 Å². The second-order valence-electron chi connectivity index (χ2n) is 7.80. The van der Waals surface area contributed by atoms with E-state index >= 15 is 0 Å². The molecule has 8 heteroatoms. The Labute approximate surface area is 196 Å². The third-order valence-electron chi connectivity index (χ3n) is 5.61. The van der Waals surface area contributed by atoms with Gasteiger partial charge < -0.3 is 19.9 Å². The van der Waals surface area contributed by atoms with Crippen LogP contribution in [-0.4, -0.2) is 47.9 Å². The first-order valence-electron chi connectivity index (χ1n) is 10.6. The summed E-state index contributed by atoms with van der Waals surface area (Å²) in [5.41, 5.74) is 1.74. The maximum atomic E-state index is 13.1. The zero-order valence-electron chi connectivity index (χ0n) is 17.7. The van der Waals surface area contributed by atoms with Gasteiger partial charge in [0, 0.05) is 43.0 Å². The minimum atomic E-state index is -0.379. The van der Waals surface area contributed by atoms with Gasteiger partial charge >= 0.3 is 0 Å². The first-order chi connectivity index (χ1) is 16.1. The number of rotatable bonds is 3. The smallest absolute Gasteiger partial charge is 0.291 e. The number of amides is 2. The lowest BCUT2D eigenvalue weighted by Gasteiger charge is -2.35. The lowest BCUT2D eigenvalue weighted by Crippen LogP contribution is -2.49. The fraction of sp³-hybridized carbons (Fsp3) is 0.160. The summed E-state index contributed by atoms with van der Waals surface area (Å²) in [6, 6.07) is 18.1. The average Bonchev–Trinajstić information content (AvgIpc) is 2.84. The minimum Gasteiger partial charge on any atom is -0.449 e. The van der Waals surface area contributed by atoms with Crippen LogP contribution < -0.4 is 15.0 Å². The van der Waals surface area contributed by atoms with Gasteiger partial charge in [-0.05, 0) is 54.1 Å². The number of halogens is 1. The summed E-state index contributed by atoms with van der Waals surface area (Å²) < 4.78 is 5.80. The van der Waals surface area contributed by atoms with Crippen molar-refractivity contribution in [1.29, 1.82) is 0 Å². The molecule has 0 unspecified atom stereocenters. The predicted octanol–water partition coefficient (Wildman–Crippen LogP) is 4.07. The molecule has 2 aliphatic rings. The van der Waals surface area contributed by atoms with Crippen LogP contribution >= 0.6 is 11.6 Å². The second-order valence-corrected chi connectivity index (χ2v) is 8.23. The number of ether oxygens (including phenoxy) is 1. The van der Waals surface area contributed by atoms with E-state index in [2.05, 4.69) is 15.2 Å². The maximum absolute atomic E-state index is 13.1. The molecule has 1 aromatic heterocycles. The van der Waals surface area contributed by atoms with Crippen molar-refractivity contribution >= 4 is 41.0 Å². The predicted molar refractivity (Wildman–Crippen MR) is 127 cm³/mol. The summed E-state index contributed by atoms with van der Waals surface area (Å²) in [6.45, 7) is 2.63. The Bertz CT molecular complexity index is 1240. The van der Waals surface area contributed by atoms with E-state index < -0.39 is 0 Å². The molecule has 5 rings (SSSR count). The van der Waals surface area contributed by atoms with Gasteiger partial charge in [-0.15, -0.1) is 0 Å². The highest BCUT2D eigenvalue weighted by molar-refractivity contribution is 6.30. The summed E-state index contributed by atoms with van der Waals surface area (Å²) >= 11 is 6.02. The Balaban J connectivity index is 1.28. The van der Waals surface area contributed by atoms with Gasteiger partial charge in [0.1, 0.15) is 5.82 Å². The Morgan fingerprint density at radius 2 is 1.88 bits per heavy atom. The molecule has 166 valence electrons. The molecular weight excluding hydrogens is 440 g/mol. The molecule has 0 aliphatic carbocycles. The molecule has 1 N–H and O–H groups in total. The van der Waals surface area contributed by atoms with Crippen molar-refractivity contribution < 1.29 is 14.3 Å². The van der Waals surface area contributed by atoms with Crippen LogP contribution in [-0.2, 0) is 4.79 Å². The van der Waals surface area contributed by atoms with Crippen LogP contribution in [0.1, 0.15) is 15.9 Å². The fourth-order valence-electron chi connectivity index (χ4n) is 3.90. The van der Waals surface area contributed by atoms with Gasteiger partial charge in [-0.2, -0.15) is 0 Å². The number of benzene rings is 2. The van der Waals surface area contributed by atoms with Gasteiger partial charge in [0.2, 0.25) is 0 Å². The van der Waals surface area contributed by atoms with Crippen LogP contribution in [0, 0.1) is 0 Å². The lowest BCUT2D eigenvalue weighted by molar-refractivity contribution is -0.115. The van der Waals surface area contributed by atoms with Crippen LogP contribution in [0.5, 0.6) is 5.75 Å². The maximum Gasteiger partial charge on any atom is 0.291 e. The molecule has 2 aliphatic heterocycles. The van der Waals surface area contributed by atoms with E-state index in [4.69, 9.17) is 16.3 Å². The van der Waals surface area contributed by atoms with E-state index in [0.29, 0.717) is 48.2 Å². The Kier molecular flexibility index (Phi) is 5.71. The highest BCUT2D eigenvalue weighted by Crippen LogP contribution is 2.33. The second kappa shape index (κ2) is 8.96. The zero-order valence-corrected chi connectivity index (χ0v) is 18.5. The van der Waals surface area contributed by atoms with Crippen molar-refractivity contribution in [2.75, 3.05) is 36.4 Å². The number of carbonyl (C=O) groups is 2. The van der Waals surface area contributed by atoms with Gasteiger partial charge in [-0.25, -0.2) is 4.98 Å². The number of fused-ring (bicyclic) bond motifs is 1. The number of hydrogen-bond donors (Lipinski definition) is 1. The molecular formula is C25H21ClN4O3. The van der Waals surface area contributed by atoms with E-state index in [1.165, 1.54) is 0 Å². The molecule has 2 aromatic carbocycles. The minimum absolute atomic E-state index is 0.0759. The fourth-order valence-corrected chi connectivity index (χ4v) is 4.10. The van der Waals surface area contributed by atoms with Gasteiger partial charge in [-0.3, -0.25) is 9.59 Å². The lowest BCUT2D eigenvalue weighted by atomic mass is 10.1. The molecule has 3 aromatic rings. The number of aromatic nitrogens is 1. The Morgan fingerprint density at radius 1 is 1.03 bits per heavy atom. The van der Waals surface area contributed by atoms with Crippen molar-refractivity contribution in [3.63, 3.8) is 0 Å². The molecule has 1 saturated heterocycles. The molecule has 0 saturated carbocycles. The molecule has 0 atom stereocenters. The van der Waals surface area contributed by atoms with Crippen molar-refractivity contribution in [2.45, 2.75) is 0 Å². The number of carbonyl (C=O) groups excluding carboxylic acids is 2. The van der Waals surface area contributed by atoms with Crippen molar-refractivity contribution in [1.82, 2.24) is 9.88 Å². The standard InChI is InChI=1S/C25H21ClN4O3/c26-19-5-3-4-17(14-19)15-22-24(31)28-20-16-18(7-8-21(20)33-22)25(32)30-12-10-29(11-13-30)23-6-1-2-9-27-23/h1-9,14-16H,10-13H2,(H,28,31). The molecule has 3 heterocycles. The van der Waals surface area contributed by atoms with Gasteiger partial charge in [0.25, 0.3) is 11.8 Å². The Morgan fingerprint density at radius 3 is 2.64 bits per heavy atom. The molecule has 33 heavy (non-hydrogen) atoms. The summed E-state index contributed by atoms with van der Waals surface area (Å²) in [7, 11) is 0. The van der Waals surface area contributed by atoms with Gasteiger partial charge in [0.05, 0.1) is 5.69 Å². The third kappa shape index (κ3) is 4.54. The third-order valence-corrected chi connectivity index (χ3v) is 5.84. The van der Waals surface area contributed by atoms with Crippen molar-refractivity contribution in [3.8, 4) is 5.75 Å². The quantitative estimate of drug-likeness (QED) is 0.596. The number of piperazine rings is 1. The van der Waals surface area contributed by atoms with Crippen molar-refractivity contribution in [2.24, 2.45) is 0 Å². The summed E-state index contributed by atoms with van der Waals surface area (Å²) in [4.78, 5) is 34.0. The number of anilines is 2. The van der Waals surface area contributed by atoms with Crippen LogP contribution in [0.3, 0.4) is 0 Å². The van der Waals surface area contributed by atoms with Crippen LogP contribution in [0.25, 0.3) is 6.08 Å². The van der Waals surface area contributed by atoms with E-state index in [1.807, 2.05) is 29.2 Å². The molecule has 0 radical (unpaired) electrons. The summed E-state index contributed by atoms with van der Waals surface area (Å²) in [5.74, 6) is 1.11. The van der Waals surface area contributed by atoms with E-state index in [0.717, 1.165) is 11.4 Å². The molecule has 1 fully saturated rings. The first kappa shape index (κ1) is 21.0. The molecule has 2 amide bonds. The number of pyridine rings is 1. The van der Waals surface area contributed by atoms with Crippen LogP contribution in [0.2, 0.25) is 5.02 Å². The van der Waals surface area contributed by atoms with E-state index in [-0.39, 0.29) is 17.6 Å². The van der Waals surface area contributed by atoms with Gasteiger partial charge in [0.15, 0.2) is 11.5 Å². The monoisotopic (exact) mass is 460 g/mol. The van der Waals surface area contributed by atoms with E-state index in [1.54, 1.807) is 48.7 Å². The number of nitrogens with zero attached hydrogens (tertiary/aromatic N) is 3. The largest absolute Gasteiger partial charge is 0.449 e. The van der Waals surface area contributed by atoms with E-state index in [9.17, 15) is 9.59 Å². The molecule has 7 nitrogen and oxygen atoms in total. The Hall–Kier alpha value is -3.84. The highest BCUT2D eigenvalue weighted by Gasteiger charge is 2.26. The number of nitrogens with one attached hydrogen (secondary N) is 1. The number of hydrogen-bond acceptors (Lipinski definition) is 5. The normalized spacial score (nSPS) is 16.8.